The number of nitrogens with zero attached hydrogens (tertiary/aromatic N) is 1. The molecule has 0 fully saturated rings. The van der Waals surface area contributed by atoms with Crippen LogP contribution < -0.4 is 9.47 Å². The number of carbonyl (C=O) groups is 2. The quantitative estimate of drug-likeness (QED) is 0.491. The van der Waals surface area contributed by atoms with Crippen LogP contribution in [-0.4, -0.2) is 16.7 Å². The molecule has 0 saturated carbocycles. The highest BCUT2D eigenvalue weighted by Gasteiger charge is 2.30. The molecular formula is C19H17NO4. The van der Waals surface area contributed by atoms with Crippen LogP contribution in [0.5, 0.6) is 11.5 Å². The molecule has 0 N–H and O–H groups in total. The van der Waals surface area contributed by atoms with Crippen molar-refractivity contribution in [3.63, 3.8) is 0 Å². The lowest BCUT2D eigenvalue weighted by atomic mass is 10.0. The van der Waals surface area contributed by atoms with Gasteiger partial charge in [0.15, 0.2) is 5.76 Å². The number of rotatable bonds is 3. The van der Waals surface area contributed by atoms with Gasteiger partial charge < -0.3 is 9.47 Å². The number of carbonyl (C=O) groups excluding carboxylic acids is 2. The highest BCUT2D eigenvalue weighted by atomic mass is 16.5. The van der Waals surface area contributed by atoms with E-state index in [1.165, 1.54) is 0 Å². The third-order valence-corrected chi connectivity index (χ3v) is 3.62. The monoisotopic (exact) mass is 323 g/mol. The summed E-state index contributed by atoms with van der Waals surface area (Å²) >= 11 is 0. The number of pyridine rings is 1. The van der Waals surface area contributed by atoms with Crippen molar-refractivity contribution in [1.82, 2.24) is 4.98 Å². The zero-order valence-corrected chi connectivity index (χ0v) is 13.7. The summed E-state index contributed by atoms with van der Waals surface area (Å²) in [6, 6.07) is 6.87. The minimum absolute atomic E-state index is 0.187. The van der Waals surface area contributed by atoms with E-state index in [4.69, 9.17) is 9.47 Å². The topological polar surface area (TPSA) is 65.5 Å². The number of Topliss-reactive ketones (excluding diaryl/α,β-unsaturated/α-hetero) is 1. The van der Waals surface area contributed by atoms with Crippen LogP contribution >= 0.6 is 0 Å². The Kier molecular flexibility index (Phi) is 4.16. The SMILES string of the molecule is Cc1cc(OC(=O)C(C)C)cc2c1C(=O)C(=Cc1cccnc1)O2. The minimum Gasteiger partial charge on any atom is -0.452 e. The van der Waals surface area contributed by atoms with Gasteiger partial charge in [-0.05, 0) is 36.3 Å². The van der Waals surface area contributed by atoms with Crippen LogP contribution in [0.4, 0.5) is 0 Å². The van der Waals surface area contributed by atoms with Crippen LogP contribution in [-0.2, 0) is 4.79 Å². The Morgan fingerprint density at radius 3 is 2.79 bits per heavy atom. The van der Waals surface area contributed by atoms with E-state index in [1.54, 1.807) is 57.4 Å². The van der Waals surface area contributed by atoms with Gasteiger partial charge >= 0.3 is 5.97 Å². The second kappa shape index (κ2) is 6.28. The van der Waals surface area contributed by atoms with Gasteiger partial charge in [-0.15, -0.1) is 0 Å². The minimum atomic E-state index is -0.329. The molecule has 2 heterocycles. The maximum atomic E-state index is 12.5. The molecule has 3 rings (SSSR count). The molecule has 0 atom stereocenters. The van der Waals surface area contributed by atoms with Crippen LogP contribution in [0.3, 0.4) is 0 Å². The number of benzene rings is 1. The van der Waals surface area contributed by atoms with Gasteiger partial charge in [0.2, 0.25) is 5.78 Å². The number of hydrogen-bond donors (Lipinski definition) is 0. The van der Waals surface area contributed by atoms with E-state index in [-0.39, 0.29) is 23.4 Å². The molecule has 1 aliphatic heterocycles. The van der Waals surface area contributed by atoms with Gasteiger partial charge in [-0.3, -0.25) is 14.6 Å². The van der Waals surface area contributed by atoms with Crippen LogP contribution in [0, 0.1) is 12.8 Å². The highest BCUT2D eigenvalue weighted by Crippen LogP contribution is 2.37. The molecule has 5 heteroatoms. The van der Waals surface area contributed by atoms with Crippen molar-refractivity contribution in [2.75, 3.05) is 0 Å². The fourth-order valence-electron chi connectivity index (χ4n) is 2.38. The number of allylic oxidation sites excluding steroid dienone is 1. The first kappa shape index (κ1) is 15.9. The summed E-state index contributed by atoms with van der Waals surface area (Å²) in [5.41, 5.74) is 1.98. The average Bonchev–Trinajstić information content (AvgIpc) is 2.84. The zero-order chi connectivity index (χ0) is 17.3. The highest BCUT2D eigenvalue weighted by molar-refractivity contribution is 6.15. The van der Waals surface area contributed by atoms with Gasteiger partial charge in [-0.2, -0.15) is 0 Å². The Balaban J connectivity index is 1.92. The normalized spacial score (nSPS) is 14.7. The first-order valence-electron chi connectivity index (χ1n) is 7.66. The van der Waals surface area contributed by atoms with E-state index in [1.807, 2.05) is 6.07 Å². The number of ketones is 1. The molecule has 1 aromatic heterocycles. The summed E-state index contributed by atoms with van der Waals surface area (Å²) < 4.78 is 11.0. The molecule has 1 aromatic carbocycles. The molecule has 0 saturated heterocycles. The average molecular weight is 323 g/mol. The van der Waals surface area contributed by atoms with E-state index < -0.39 is 0 Å². The first-order chi connectivity index (χ1) is 11.5. The second-order valence-electron chi connectivity index (χ2n) is 5.92. The molecule has 2 aromatic rings. The first-order valence-corrected chi connectivity index (χ1v) is 7.66. The Hall–Kier alpha value is -2.95. The van der Waals surface area contributed by atoms with E-state index >= 15 is 0 Å². The molecule has 0 aliphatic carbocycles. The van der Waals surface area contributed by atoms with E-state index in [9.17, 15) is 9.59 Å². The predicted octanol–water partition coefficient (Wildman–Crippen LogP) is 3.57. The lowest BCUT2D eigenvalue weighted by Gasteiger charge is -2.09. The summed E-state index contributed by atoms with van der Waals surface area (Å²) in [6.45, 7) is 5.31. The molecule has 0 amide bonds. The maximum Gasteiger partial charge on any atom is 0.313 e. The Labute approximate surface area is 139 Å². The number of aromatic nitrogens is 1. The van der Waals surface area contributed by atoms with Crippen molar-refractivity contribution in [1.29, 1.82) is 0 Å². The van der Waals surface area contributed by atoms with Crippen LogP contribution in [0.1, 0.15) is 35.3 Å². The molecule has 24 heavy (non-hydrogen) atoms. The lowest BCUT2D eigenvalue weighted by molar-refractivity contribution is -0.137. The second-order valence-corrected chi connectivity index (χ2v) is 5.92. The Morgan fingerprint density at radius 1 is 1.33 bits per heavy atom. The Morgan fingerprint density at radius 2 is 2.12 bits per heavy atom. The predicted molar refractivity (Wildman–Crippen MR) is 88.8 cm³/mol. The smallest absolute Gasteiger partial charge is 0.313 e. The Bertz CT molecular complexity index is 838. The number of aryl methyl sites for hydroxylation is 1. The summed E-state index contributed by atoms with van der Waals surface area (Å²) in [5, 5.41) is 0. The summed E-state index contributed by atoms with van der Waals surface area (Å²) in [4.78, 5) is 28.3. The third-order valence-electron chi connectivity index (χ3n) is 3.62. The van der Waals surface area contributed by atoms with Gasteiger partial charge in [0, 0.05) is 18.5 Å². The van der Waals surface area contributed by atoms with Crippen molar-refractivity contribution < 1.29 is 19.1 Å². The summed E-state index contributed by atoms with van der Waals surface area (Å²) in [6.07, 6.45) is 4.96. The summed E-state index contributed by atoms with van der Waals surface area (Å²) in [7, 11) is 0. The maximum absolute atomic E-state index is 12.5. The van der Waals surface area contributed by atoms with E-state index in [0.717, 1.165) is 5.56 Å². The molecule has 5 nitrogen and oxygen atoms in total. The van der Waals surface area contributed by atoms with E-state index in [0.29, 0.717) is 22.6 Å². The number of ether oxygens (including phenoxy) is 2. The van der Waals surface area contributed by atoms with Gasteiger partial charge in [-0.1, -0.05) is 19.9 Å². The van der Waals surface area contributed by atoms with Crippen molar-refractivity contribution in [3.8, 4) is 11.5 Å². The third kappa shape index (κ3) is 3.06. The standard InChI is InChI=1S/C19H17NO4/c1-11(2)19(22)23-14-7-12(3)17-15(9-14)24-16(18(17)21)8-13-5-4-6-20-10-13/h4-11H,1-3H3. The lowest BCUT2D eigenvalue weighted by Crippen LogP contribution is -2.14. The van der Waals surface area contributed by atoms with Gasteiger partial charge in [0.25, 0.3) is 0 Å². The fraction of sp³-hybridized carbons (Fsp3) is 0.211. The van der Waals surface area contributed by atoms with Crippen molar-refractivity contribution >= 4 is 17.8 Å². The van der Waals surface area contributed by atoms with Crippen molar-refractivity contribution in [3.05, 3.63) is 59.1 Å². The molecule has 122 valence electrons. The molecule has 1 aliphatic rings. The van der Waals surface area contributed by atoms with Crippen LogP contribution in [0.2, 0.25) is 0 Å². The fourth-order valence-corrected chi connectivity index (χ4v) is 2.38. The van der Waals surface area contributed by atoms with E-state index in [2.05, 4.69) is 4.98 Å². The summed E-state index contributed by atoms with van der Waals surface area (Å²) in [5.74, 6) is 0.260. The van der Waals surface area contributed by atoms with Gasteiger partial charge in [0.1, 0.15) is 11.5 Å². The number of hydrogen-bond acceptors (Lipinski definition) is 5. The largest absolute Gasteiger partial charge is 0.452 e. The number of fused-ring (bicyclic) bond motifs is 1. The van der Waals surface area contributed by atoms with Crippen molar-refractivity contribution in [2.45, 2.75) is 20.8 Å². The van der Waals surface area contributed by atoms with Crippen molar-refractivity contribution in [2.24, 2.45) is 5.92 Å². The van der Waals surface area contributed by atoms with Crippen LogP contribution in [0.15, 0.2) is 42.4 Å². The molecule has 0 spiro atoms. The molecule has 0 radical (unpaired) electrons. The number of esters is 1. The van der Waals surface area contributed by atoms with Gasteiger partial charge in [-0.25, -0.2) is 0 Å². The van der Waals surface area contributed by atoms with Gasteiger partial charge in [0.05, 0.1) is 11.5 Å². The molecule has 0 unspecified atom stereocenters. The molecular weight excluding hydrogens is 306 g/mol. The van der Waals surface area contributed by atoms with Crippen LogP contribution in [0.25, 0.3) is 6.08 Å². The molecule has 0 bridgehead atoms. The zero-order valence-electron chi connectivity index (χ0n) is 13.7.